The summed E-state index contributed by atoms with van der Waals surface area (Å²) in [6.07, 6.45) is 5.80. The van der Waals surface area contributed by atoms with Crippen LogP contribution in [-0.2, 0) is 11.2 Å². The minimum atomic E-state index is -0.619. The summed E-state index contributed by atoms with van der Waals surface area (Å²) in [5.41, 5.74) is 4.82. The largest absolute Gasteiger partial charge is 0.486 e. The lowest BCUT2D eigenvalue weighted by Crippen LogP contribution is -2.51. The van der Waals surface area contributed by atoms with E-state index in [1.165, 1.54) is 11.6 Å². The molecule has 1 fully saturated rings. The summed E-state index contributed by atoms with van der Waals surface area (Å²) in [5, 5.41) is 11.7. The molecule has 2 aromatic carbocycles. The van der Waals surface area contributed by atoms with Crippen LogP contribution in [0.15, 0.2) is 48.5 Å². The normalized spacial score (nSPS) is 17.8. The van der Waals surface area contributed by atoms with Gasteiger partial charge >= 0.3 is 0 Å². The van der Waals surface area contributed by atoms with Crippen molar-refractivity contribution < 1.29 is 19.5 Å². The molecule has 1 spiro atoms. The SMILES string of the molecule is CNc1ccc(CCN2CCC3(CC2)CC(=O)c2cc(/C=C/C(=O)NO)ccc2O3)cc1. The van der Waals surface area contributed by atoms with Crippen molar-refractivity contribution in [1.29, 1.82) is 0 Å². The number of nitrogens with one attached hydrogen (secondary N) is 2. The first-order valence-electron chi connectivity index (χ1n) is 11.0. The van der Waals surface area contributed by atoms with Gasteiger partial charge in [0.15, 0.2) is 5.78 Å². The van der Waals surface area contributed by atoms with Crippen molar-refractivity contribution in [2.24, 2.45) is 0 Å². The fourth-order valence-electron chi connectivity index (χ4n) is 4.41. The number of anilines is 1. The number of hydrogen-bond donors (Lipinski definition) is 3. The molecular formula is C25H29N3O4. The molecule has 7 heteroatoms. The molecule has 0 saturated carbocycles. The van der Waals surface area contributed by atoms with Crippen LogP contribution in [0.3, 0.4) is 0 Å². The van der Waals surface area contributed by atoms with Gasteiger partial charge in [-0.05, 0) is 47.9 Å². The molecular weight excluding hydrogens is 406 g/mol. The quantitative estimate of drug-likeness (QED) is 0.366. The molecule has 2 heterocycles. The van der Waals surface area contributed by atoms with E-state index in [4.69, 9.17) is 9.94 Å². The number of Topliss-reactive ketones (excluding diaryl/α,β-unsaturated/α-hetero) is 1. The van der Waals surface area contributed by atoms with E-state index in [0.29, 0.717) is 23.3 Å². The molecule has 2 aromatic rings. The molecule has 168 valence electrons. The van der Waals surface area contributed by atoms with E-state index in [2.05, 4.69) is 34.5 Å². The number of carbonyl (C=O) groups is 2. The Morgan fingerprint density at radius 2 is 1.94 bits per heavy atom. The summed E-state index contributed by atoms with van der Waals surface area (Å²) < 4.78 is 6.37. The molecule has 0 aromatic heterocycles. The van der Waals surface area contributed by atoms with Crippen LogP contribution in [0.5, 0.6) is 5.75 Å². The second-order valence-electron chi connectivity index (χ2n) is 8.49. The van der Waals surface area contributed by atoms with Gasteiger partial charge in [-0.2, -0.15) is 0 Å². The standard InChI is InChI=1S/C25H29N3O4/c1-26-20-6-2-18(3-7-20)10-13-28-14-11-25(12-15-28)17-22(29)21-16-19(4-8-23(21)32-25)5-9-24(30)27-31/h2-9,16,26,31H,10-15,17H2,1H3,(H,27,30)/b9-5+. The third-order valence-corrected chi connectivity index (χ3v) is 6.38. The first kappa shape index (κ1) is 22.0. The molecule has 0 atom stereocenters. The van der Waals surface area contributed by atoms with E-state index in [1.54, 1.807) is 29.8 Å². The van der Waals surface area contributed by atoms with Gasteiger partial charge in [-0.25, -0.2) is 5.48 Å². The lowest BCUT2D eigenvalue weighted by atomic mass is 9.82. The zero-order valence-corrected chi connectivity index (χ0v) is 18.3. The molecule has 0 unspecified atom stereocenters. The fraction of sp³-hybridized carbons (Fsp3) is 0.360. The van der Waals surface area contributed by atoms with E-state index >= 15 is 0 Å². The smallest absolute Gasteiger partial charge is 0.267 e. The first-order chi connectivity index (χ1) is 15.5. The number of likely N-dealkylation sites (tertiary alicyclic amines) is 1. The molecule has 3 N–H and O–H groups in total. The highest BCUT2D eigenvalue weighted by Gasteiger charge is 2.42. The van der Waals surface area contributed by atoms with Crippen molar-refractivity contribution in [3.05, 3.63) is 65.2 Å². The van der Waals surface area contributed by atoms with E-state index in [9.17, 15) is 9.59 Å². The Kier molecular flexibility index (Phi) is 6.58. The van der Waals surface area contributed by atoms with Crippen LogP contribution in [0.4, 0.5) is 5.69 Å². The molecule has 7 nitrogen and oxygen atoms in total. The van der Waals surface area contributed by atoms with Crippen LogP contribution in [0.2, 0.25) is 0 Å². The Labute approximate surface area is 188 Å². The van der Waals surface area contributed by atoms with Gasteiger partial charge in [0.1, 0.15) is 11.4 Å². The molecule has 1 amide bonds. The minimum Gasteiger partial charge on any atom is -0.486 e. The van der Waals surface area contributed by atoms with Gasteiger partial charge < -0.3 is 15.0 Å². The van der Waals surface area contributed by atoms with E-state index in [1.807, 2.05) is 7.05 Å². The van der Waals surface area contributed by atoms with E-state index < -0.39 is 11.5 Å². The number of fused-ring (bicyclic) bond motifs is 1. The summed E-state index contributed by atoms with van der Waals surface area (Å²) in [6.45, 7) is 2.82. The number of hydroxylamine groups is 1. The van der Waals surface area contributed by atoms with E-state index in [-0.39, 0.29) is 5.78 Å². The van der Waals surface area contributed by atoms with Crippen molar-refractivity contribution in [2.75, 3.05) is 32.0 Å². The number of hydrogen-bond acceptors (Lipinski definition) is 6. The molecule has 1 saturated heterocycles. The maximum atomic E-state index is 12.9. The Morgan fingerprint density at radius 1 is 1.19 bits per heavy atom. The first-order valence-corrected chi connectivity index (χ1v) is 11.0. The Balaban J connectivity index is 1.35. The Hall–Kier alpha value is -3.16. The Morgan fingerprint density at radius 3 is 2.62 bits per heavy atom. The van der Waals surface area contributed by atoms with Gasteiger partial charge in [0, 0.05) is 51.3 Å². The zero-order chi connectivity index (χ0) is 22.6. The summed E-state index contributed by atoms with van der Waals surface area (Å²) >= 11 is 0. The van der Waals surface area contributed by atoms with Gasteiger partial charge in [-0.15, -0.1) is 0 Å². The Bertz CT molecular complexity index is 1010. The molecule has 0 bridgehead atoms. The van der Waals surface area contributed by atoms with Crippen molar-refractivity contribution >= 4 is 23.5 Å². The summed E-state index contributed by atoms with van der Waals surface area (Å²) in [7, 11) is 1.92. The third-order valence-electron chi connectivity index (χ3n) is 6.38. The van der Waals surface area contributed by atoms with Gasteiger partial charge in [0.25, 0.3) is 5.91 Å². The highest BCUT2D eigenvalue weighted by Crippen LogP contribution is 2.39. The fourth-order valence-corrected chi connectivity index (χ4v) is 4.41. The molecule has 2 aliphatic heterocycles. The number of ether oxygens (including phenoxy) is 1. The summed E-state index contributed by atoms with van der Waals surface area (Å²) in [6, 6.07) is 13.9. The van der Waals surface area contributed by atoms with Crippen molar-refractivity contribution in [3.8, 4) is 5.75 Å². The lowest BCUT2D eigenvalue weighted by molar-refractivity contribution is -0.124. The van der Waals surface area contributed by atoms with Gasteiger partial charge in [-0.3, -0.25) is 14.8 Å². The number of benzene rings is 2. The van der Waals surface area contributed by atoms with Gasteiger partial charge in [-0.1, -0.05) is 18.2 Å². The highest BCUT2D eigenvalue weighted by atomic mass is 16.5. The van der Waals surface area contributed by atoms with Crippen LogP contribution in [-0.4, -0.2) is 54.1 Å². The van der Waals surface area contributed by atoms with Crippen LogP contribution in [0.25, 0.3) is 6.08 Å². The second kappa shape index (κ2) is 9.54. The van der Waals surface area contributed by atoms with Crippen LogP contribution < -0.4 is 15.5 Å². The van der Waals surface area contributed by atoms with Crippen LogP contribution in [0.1, 0.15) is 40.7 Å². The van der Waals surface area contributed by atoms with E-state index in [0.717, 1.165) is 44.6 Å². The summed E-state index contributed by atoms with van der Waals surface area (Å²) in [4.78, 5) is 26.5. The monoisotopic (exact) mass is 435 g/mol. The predicted octanol–water partition coefficient (Wildman–Crippen LogP) is 3.29. The van der Waals surface area contributed by atoms with Crippen molar-refractivity contribution in [1.82, 2.24) is 10.4 Å². The highest BCUT2D eigenvalue weighted by molar-refractivity contribution is 6.01. The average Bonchev–Trinajstić information content (AvgIpc) is 2.82. The molecule has 32 heavy (non-hydrogen) atoms. The molecule has 4 rings (SSSR count). The van der Waals surface area contributed by atoms with Crippen molar-refractivity contribution in [3.63, 3.8) is 0 Å². The molecule has 2 aliphatic rings. The lowest BCUT2D eigenvalue weighted by Gasteiger charge is -2.44. The number of ketones is 1. The maximum Gasteiger partial charge on any atom is 0.267 e. The number of nitrogens with zero attached hydrogens (tertiary/aromatic N) is 1. The topological polar surface area (TPSA) is 90.9 Å². The molecule has 0 radical (unpaired) electrons. The zero-order valence-electron chi connectivity index (χ0n) is 18.3. The van der Waals surface area contributed by atoms with Crippen LogP contribution in [0, 0.1) is 0 Å². The van der Waals surface area contributed by atoms with Crippen molar-refractivity contribution in [2.45, 2.75) is 31.3 Å². The third kappa shape index (κ3) is 5.00. The number of piperidine rings is 1. The van der Waals surface area contributed by atoms with Gasteiger partial charge in [0.2, 0.25) is 0 Å². The number of carbonyl (C=O) groups excluding carboxylic acids is 2. The average molecular weight is 436 g/mol. The van der Waals surface area contributed by atoms with Gasteiger partial charge in [0.05, 0.1) is 12.0 Å². The number of amides is 1. The minimum absolute atomic E-state index is 0.0752. The second-order valence-corrected chi connectivity index (χ2v) is 8.49. The predicted molar refractivity (Wildman–Crippen MR) is 123 cm³/mol. The summed E-state index contributed by atoms with van der Waals surface area (Å²) in [5.74, 6) is 0.0697. The maximum absolute atomic E-state index is 12.9. The number of rotatable bonds is 6. The molecule has 0 aliphatic carbocycles. The van der Waals surface area contributed by atoms with Crippen LogP contribution >= 0.6 is 0 Å².